The summed E-state index contributed by atoms with van der Waals surface area (Å²) in [7, 11) is -6.48. The third-order valence-electron chi connectivity index (χ3n) is 2.99. The summed E-state index contributed by atoms with van der Waals surface area (Å²) in [4.78, 5) is 22.7. The molecule has 0 fully saturated rings. The van der Waals surface area contributed by atoms with Gasteiger partial charge in [0.1, 0.15) is 0 Å². The molecule has 0 rings (SSSR count). The van der Waals surface area contributed by atoms with E-state index in [-0.39, 0.29) is 12.8 Å². The normalized spacial score (nSPS) is 15.5. The molecule has 0 aromatic rings. The van der Waals surface area contributed by atoms with Gasteiger partial charge in [0.15, 0.2) is 5.78 Å². The molecule has 0 bridgehead atoms. The summed E-state index contributed by atoms with van der Waals surface area (Å²) in [5, 5.41) is -5.78. The standard InChI is InChI=1S/C12H15F5O6S/c1-3-7(8(18)4-2)5-6-9(19)23-10(11(13,14)15)12(16,17)24(20,21)22/h4,7,10H,2-3,5-6H2,1H3,(H,20,21,22). The molecule has 0 saturated carbocycles. The molecule has 140 valence electrons. The lowest BCUT2D eigenvalue weighted by Gasteiger charge is -2.26. The van der Waals surface area contributed by atoms with Gasteiger partial charge in [0, 0.05) is 12.3 Å². The van der Waals surface area contributed by atoms with Crippen molar-refractivity contribution >= 4 is 21.9 Å². The third-order valence-corrected chi connectivity index (χ3v) is 3.89. The number of halogens is 5. The number of esters is 1. The van der Waals surface area contributed by atoms with Crippen LogP contribution in [0.25, 0.3) is 0 Å². The molecule has 0 saturated heterocycles. The summed E-state index contributed by atoms with van der Waals surface area (Å²) in [6, 6.07) is 0. The van der Waals surface area contributed by atoms with Crippen molar-refractivity contribution in [2.45, 2.75) is 43.7 Å². The highest BCUT2D eigenvalue weighted by Crippen LogP contribution is 2.38. The minimum absolute atomic E-state index is 0.210. The highest BCUT2D eigenvalue weighted by molar-refractivity contribution is 7.86. The monoisotopic (exact) mass is 382 g/mol. The number of allylic oxidation sites excluding steroid dienone is 1. The first-order valence-electron chi connectivity index (χ1n) is 6.45. The average molecular weight is 382 g/mol. The van der Waals surface area contributed by atoms with Crippen molar-refractivity contribution in [3.63, 3.8) is 0 Å². The maximum atomic E-state index is 13.2. The lowest BCUT2D eigenvalue weighted by molar-refractivity contribution is -0.259. The number of carbonyl (C=O) groups is 2. The number of hydrogen-bond acceptors (Lipinski definition) is 5. The maximum absolute atomic E-state index is 13.2. The van der Waals surface area contributed by atoms with Crippen molar-refractivity contribution in [3.05, 3.63) is 12.7 Å². The van der Waals surface area contributed by atoms with Crippen LogP contribution in [0.15, 0.2) is 12.7 Å². The number of ketones is 1. The van der Waals surface area contributed by atoms with Crippen LogP contribution in [0.3, 0.4) is 0 Å². The first-order chi connectivity index (χ1) is 10.7. The Morgan fingerprint density at radius 1 is 1.25 bits per heavy atom. The topological polar surface area (TPSA) is 97.7 Å². The van der Waals surface area contributed by atoms with E-state index < -0.39 is 51.7 Å². The molecule has 0 aromatic heterocycles. The van der Waals surface area contributed by atoms with E-state index in [0.29, 0.717) is 0 Å². The van der Waals surface area contributed by atoms with Gasteiger partial charge in [-0.05, 0) is 18.9 Å². The van der Waals surface area contributed by atoms with Gasteiger partial charge < -0.3 is 4.74 Å². The Kier molecular flexibility index (Phi) is 7.49. The molecule has 0 radical (unpaired) electrons. The third kappa shape index (κ3) is 5.82. The Labute approximate surface area is 134 Å². The molecule has 6 nitrogen and oxygen atoms in total. The van der Waals surface area contributed by atoms with Gasteiger partial charge in [0.25, 0.3) is 6.10 Å². The summed E-state index contributed by atoms with van der Waals surface area (Å²) in [5.41, 5.74) is 0. The van der Waals surface area contributed by atoms with Crippen LogP contribution in [-0.2, 0) is 24.4 Å². The molecule has 0 spiro atoms. The summed E-state index contributed by atoms with van der Waals surface area (Å²) < 4.78 is 96.7. The van der Waals surface area contributed by atoms with Gasteiger partial charge in [-0.1, -0.05) is 13.5 Å². The molecule has 0 aliphatic heterocycles. The van der Waals surface area contributed by atoms with Gasteiger partial charge in [0.05, 0.1) is 0 Å². The molecule has 0 amide bonds. The SMILES string of the molecule is C=CC(=O)C(CC)CCC(=O)OC(C(F)(F)F)C(F)(F)S(=O)(=O)O. The van der Waals surface area contributed by atoms with Crippen molar-refractivity contribution in [2.24, 2.45) is 5.92 Å². The summed E-state index contributed by atoms with van der Waals surface area (Å²) in [6.45, 7) is 4.73. The quantitative estimate of drug-likeness (QED) is 0.285. The molecule has 12 heteroatoms. The predicted octanol–water partition coefficient (Wildman–Crippen LogP) is 2.50. The van der Waals surface area contributed by atoms with Crippen LogP contribution in [0, 0.1) is 5.92 Å². The zero-order valence-electron chi connectivity index (χ0n) is 12.3. The van der Waals surface area contributed by atoms with Gasteiger partial charge in [-0.15, -0.1) is 0 Å². The first-order valence-corrected chi connectivity index (χ1v) is 7.89. The first kappa shape index (κ1) is 22.4. The van der Waals surface area contributed by atoms with Gasteiger partial charge in [-0.2, -0.15) is 30.4 Å². The lowest BCUT2D eigenvalue weighted by atomic mass is 9.95. The second kappa shape index (κ2) is 8.01. The summed E-state index contributed by atoms with van der Waals surface area (Å²) in [6.07, 6.45) is -10.3. The van der Waals surface area contributed by atoms with Crippen LogP contribution >= 0.6 is 0 Å². The Morgan fingerprint density at radius 3 is 2.08 bits per heavy atom. The van der Waals surface area contributed by atoms with Crippen LogP contribution < -0.4 is 0 Å². The minimum Gasteiger partial charge on any atom is -0.445 e. The van der Waals surface area contributed by atoms with Crippen LogP contribution in [-0.4, -0.2) is 42.3 Å². The van der Waals surface area contributed by atoms with Crippen molar-refractivity contribution in [1.82, 2.24) is 0 Å². The molecular formula is C12H15F5O6S. The van der Waals surface area contributed by atoms with E-state index in [0.717, 1.165) is 6.08 Å². The predicted molar refractivity (Wildman–Crippen MR) is 70.6 cm³/mol. The summed E-state index contributed by atoms with van der Waals surface area (Å²) in [5.74, 6) is -3.07. The van der Waals surface area contributed by atoms with Crippen molar-refractivity contribution in [3.8, 4) is 0 Å². The van der Waals surface area contributed by atoms with E-state index >= 15 is 0 Å². The molecule has 0 aromatic carbocycles. The van der Waals surface area contributed by atoms with E-state index in [1.165, 1.54) is 0 Å². The van der Waals surface area contributed by atoms with E-state index in [4.69, 9.17) is 4.55 Å². The van der Waals surface area contributed by atoms with Crippen LogP contribution in [0.5, 0.6) is 0 Å². The lowest BCUT2D eigenvalue weighted by Crippen LogP contribution is -2.52. The molecule has 1 N–H and O–H groups in total. The minimum atomic E-state index is -6.48. The Bertz CT molecular complexity index is 583. The van der Waals surface area contributed by atoms with Crippen LogP contribution in [0.1, 0.15) is 26.2 Å². The molecule has 24 heavy (non-hydrogen) atoms. The molecule has 0 aliphatic rings. The number of hydrogen-bond donors (Lipinski definition) is 1. The highest BCUT2D eigenvalue weighted by Gasteiger charge is 2.65. The second-order valence-corrected chi connectivity index (χ2v) is 6.19. The fourth-order valence-electron chi connectivity index (χ4n) is 1.66. The van der Waals surface area contributed by atoms with E-state index in [1.807, 2.05) is 0 Å². The Morgan fingerprint density at radius 2 is 1.75 bits per heavy atom. The zero-order valence-corrected chi connectivity index (χ0v) is 13.2. The van der Waals surface area contributed by atoms with E-state index in [1.54, 1.807) is 6.92 Å². The zero-order chi connectivity index (χ0) is 19.3. The van der Waals surface area contributed by atoms with Crippen LogP contribution in [0.2, 0.25) is 0 Å². The highest BCUT2D eigenvalue weighted by atomic mass is 32.2. The second-order valence-electron chi connectivity index (χ2n) is 4.70. The maximum Gasteiger partial charge on any atom is 0.432 e. The Balaban J connectivity index is 5.18. The van der Waals surface area contributed by atoms with Gasteiger partial charge >= 0.3 is 27.5 Å². The molecule has 0 heterocycles. The molecule has 2 unspecified atom stereocenters. The Hall–Kier alpha value is -1.56. The van der Waals surface area contributed by atoms with Gasteiger partial charge in [0.2, 0.25) is 0 Å². The molecular weight excluding hydrogens is 367 g/mol. The van der Waals surface area contributed by atoms with Gasteiger partial charge in [-0.25, -0.2) is 0 Å². The average Bonchev–Trinajstić information content (AvgIpc) is 2.42. The fourth-order valence-corrected chi connectivity index (χ4v) is 2.11. The number of rotatable bonds is 9. The largest absolute Gasteiger partial charge is 0.445 e. The smallest absolute Gasteiger partial charge is 0.432 e. The number of carbonyl (C=O) groups excluding carboxylic acids is 2. The molecule has 0 aliphatic carbocycles. The number of ether oxygens (including phenoxy) is 1. The van der Waals surface area contributed by atoms with E-state index in [2.05, 4.69) is 11.3 Å². The molecule has 2 atom stereocenters. The van der Waals surface area contributed by atoms with Crippen molar-refractivity contribution in [1.29, 1.82) is 0 Å². The van der Waals surface area contributed by atoms with Crippen molar-refractivity contribution < 1.29 is 49.2 Å². The number of alkyl halides is 5. The van der Waals surface area contributed by atoms with Gasteiger partial charge in [-0.3, -0.25) is 14.1 Å². The fraction of sp³-hybridized carbons (Fsp3) is 0.667. The van der Waals surface area contributed by atoms with E-state index in [9.17, 15) is 40.0 Å². The van der Waals surface area contributed by atoms with Crippen LogP contribution in [0.4, 0.5) is 22.0 Å². The van der Waals surface area contributed by atoms with Crippen molar-refractivity contribution in [2.75, 3.05) is 0 Å². The summed E-state index contributed by atoms with van der Waals surface area (Å²) >= 11 is 0.